The first-order valence-electron chi connectivity index (χ1n) is 5.90. The van der Waals surface area contributed by atoms with Gasteiger partial charge in [0.2, 0.25) is 0 Å². The molecule has 0 bridgehead atoms. The van der Waals surface area contributed by atoms with Gasteiger partial charge in [-0.15, -0.1) is 11.3 Å². The third-order valence-corrected chi connectivity index (χ3v) is 4.61. The van der Waals surface area contributed by atoms with Crippen molar-refractivity contribution in [2.24, 2.45) is 0 Å². The van der Waals surface area contributed by atoms with E-state index in [0.29, 0.717) is 6.61 Å². The second-order valence-corrected chi connectivity index (χ2v) is 5.55. The Balaban J connectivity index is 1.92. The Morgan fingerprint density at radius 3 is 3.18 bits per heavy atom. The van der Waals surface area contributed by atoms with Gasteiger partial charge in [0.05, 0.1) is 6.61 Å². The summed E-state index contributed by atoms with van der Waals surface area (Å²) >= 11 is 1.67. The van der Waals surface area contributed by atoms with Gasteiger partial charge in [0.1, 0.15) is 6.04 Å². The van der Waals surface area contributed by atoms with Crippen molar-refractivity contribution < 1.29 is 14.6 Å². The van der Waals surface area contributed by atoms with Crippen molar-refractivity contribution >= 4 is 17.3 Å². The zero-order valence-corrected chi connectivity index (χ0v) is 10.3. The molecule has 17 heavy (non-hydrogen) atoms. The predicted octanol–water partition coefficient (Wildman–Crippen LogP) is 1.52. The SMILES string of the molecule is O=C(O)C1c2ccsc2CCN1C1CCOC1. The van der Waals surface area contributed by atoms with Gasteiger partial charge in [-0.2, -0.15) is 0 Å². The number of nitrogens with zero attached hydrogens (tertiary/aromatic N) is 1. The van der Waals surface area contributed by atoms with Crippen molar-refractivity contribution in [3.05, 3.63) is 21.9 Å². The highest BCUT2D eigenvalue weighted by Crippen LogP contribution is 2.35. The zero-order chi connectivity index (χ0) is 11.8. The summed E-state index contributed by atoms with van der Waals surface area (Å²) in [5, 5.41) is 11.5. The van der Waals surface area contributed by atoms with E-state index in [0.717, 1.165) is 31.6 Å². The molecule has 1 fully saturated rings. The van der Waals surface area contributed by atoms with Crippen LogP contribution in [0.4, 0.5) is 0 Å². The van der Waals surface area contributed by atoms with Gasteiger partial charge in [-0.25, -0.2) is 0 Å². The van der Waals surface area contributed by atoms with Gasteiger partial charge in [0.25, 0.3) is 0 Å². The van der Waals surface area contributed by atoms with E-state index in [1.807, 2.05) is 11.4 Å². The molecule has 1 aromatic heterocycles. The van der Waals surface area contributed by atoms with Gasteiger partial charge in [-0.05, 0) is 29.9 Å². The minimum absolute atomic E-state index is 0.268. The zero-order valence-electron chi connectivity index (χ0n) is 9.46. The number of ether oxygens (including phenoxy) is 1. The Morgan fingerprint density at radius 1 is 1.59 bits per heavy atom. The second kappa shape index (κ2) is 4.40. The predicted molar refractivity (Wildman–Crippen MR) is 64.3 cm³/mol. The van der Waals surface area contributed by atoms with Crippen LogP contribution in [0.5, 0.6) is 0 Å². The van der Waals surface area contributed by atoms with Gasteiger partial charge in [0, 0.05) is 24.1 Å². The number of aliphatic carboxylic acids is 1. The molecule has 0 radical (unpaired) electrons. The molecular weight excluding hydrogens is 238 g/mol. The maximum absolute atomic E-state index is 11.5. The second-order valence-electron chi connectivity index (χ2n) is 4.55. The van der Waals surface area contributed by atoms with Crippen LogP contribution >= 0.6 is 11.3 Å². The molecule has 1 N–H and O–H groups in total. The van der Waals surface area contributed by atoms with Crippen molar-refractivity contribution in [1.82, 2.24) is 4.90 Å². The lowest BCUT2D eigenvalue weighted by Crippen LogP contribution is -2.45. The van der Waals surface area contributed by atoms with E-state index in [4.69, 9.17) is 4.74 Å². The number of carboxylic acid groups (broad SMARTS) is 1. The fourth-order valence-electron chi connectivity index (χ4n) is 2.79. The first-order chi connectivity index (χ1) is 8.27. The summed E-state index contributed by atoms with van der Waals surface area (Å²) in [6.07, 6.45) is 1.91. The number of hydrogen-bond acceptors (Lipinski definition) is 4. The normalized spacial score (nSPS) is 29.2. The molecule has 0 saturated carbocycles. The topological polar surface area (TPSA) is 49.8 Å². The maximum Gasteiger partial charge on any atom is 0.325 e. The number of fused-ring (bicyclic) bond motifs is 1. The molecule has 2 aliphatic heterocycles. The van der Waals surface area contributed by atoms with Crippen LogP contribution in [0, 0.1) is 0 Å². The van der Waals surface area contributed by atoms with Crippen LogP contribution in [0.1, 0.15) is 22.9 Å². The van der Waals surface area contributed by atoms with Crippen LogP contribution in [0.3, 0.4) is 0 Å². The minimum Gasteiger partial charge on any atom is -0.480 e. The first kappa shape index (κ1) is 11.2. The Morgan fingerprint density at radius 2 is 2.47 bits per heavy atom. The van der Waals surface area contributed by atoms with Crippen LogP contribution in [-0.4, -0.2) is 41.8 Å². The van der Waals surface area contributed by atoms with Gasteiger partial charge >= 0.3 is 5.97 Å². The fraction of sp³-hybridized carbons (Fsp3) is 0.583. The highest BCUT2D eigenvalue weighted by Gasteiger charge is 2.38. The number of carbonyl (C=O) groups is 1. The van der Waals surface area contributed by atoms with Gasteiger partial charge in [-0.3, -0.25) is 9.69 Å². The number of carboxylic acids is 1. The molecular formula is C12H15NO3S. The first-order valence-corrected chi connectivity index (χ1v) is 6.78. The van der Waals surface area contributed by atoms with Crippen LogP contribution in [0.25, 0.3) is 0 Å². The van der Waals surface area contributed by atoms with Crippen LogP contribution < -0.4 is 0 Å². The van der Waals surface area contributed by atoms with Crippen molar-refractivity contribution in [3.63, 3.8) is 0 Å². The molecule has 0 amide bonds. The summed E-state index contributed by atoms with van der Waals surface area (Å²) in [5.74, 6) is -0.740. The summed E-state index contributed by atoms with van der Waals surface area (Å²) in [5.41, 5.74) is 0.987. The molecule has 3 rings (SSSR count). The van der Waals surface area contributed by atoms with Crippen LogP contribution in [0.15, 0.2) is 11.4 Å². The molecule has 0 spiro atoms. The molecule has 0 aromatic carbocycles. The van der Waals surface area contributed by atoms with Crippen molar-refractivity contribution in [1.29, 1.82) is 0 Å². The van der Waals surface area contributed by atoms with Crippen molar-refractivity contribution in [3.8, 4) is 0 Å². The highest BCUT2D eigenvalue weighted by molar-refractivity contribution is 7.10. The molecule has 1 aromatic rings. The Kier molecular flexibility index (Phi) is 2.90. The van der Waals surface area contributed by atoms with E-state index in [1.165, 1.54) is 4.88 Å². The average Bonchev–Trinajstić information content (AvgIpc) is 2.98. The number of hydrogen-bond donors (Lipinski definition) is 1. The van der Waals surface area contributed by atoms with E-state index in [9.17, 15) is 9.90 Å². The third-order valence-electron chi connectivity index (χ3n) is 3.61. The van der Waals surface area contributed by atoms with E-state index < -0.39 is 12.0 Å². The molecule has 92 valence electrons. The molecule has 4 nitrogen and oxygen atoms in total. The van der Waals surface area contributed by atoms with Gasteiger partial charge in [-0.1, -0.05) is 0 Å². The molecule has 2 atom stereocenters. The lowest BCUT2D eigenvalue weighted by Gasteiger charge is -2.36. The third kappa shape index (κ3) is 1.88. The van der Waals surface area contributed by atoms with Crippen LogP contribution in [0.2, 0.25) is 0 Å². The quantitative estimate of drug-likeness (QED) is 0.868. The lowest BCUT2D eigenvalue weighted by molar-refractivity contribution is -0.145. The Bertz CT molecular complexity index is 425. The monoisotopic (exact) mass is 253 g/mol. The van der Waals surface area contributed by atoms with E-state index in [-0.39, 0.29) is 6.04 Å². The summed E-state index contributed by atoms with van der Waals surface area (Å²) in [6, 6.07) is 1.75. The summed E-state index contributed by atoms with van der Waals surface area (Å²) in [7, 11) is 0. The smallest absolute Gasteiger partial charge is 0.325 e. The summed E-state index contributed by atoms with van der Waals surface area (Å²) < 4.78 is 5.38. The van der Waals surface area contributed by atoms with Crippen molar-refractivity contribution in [2.45, 2.75) is 24.9 Å². The number of rotatable bonds is 2. The minimum atomic E-state index is -0.740. The summed E-state index contributed by atoms with van der Waals surface area (Å²) in [6.45, 7) is 2.26. The summed E-state index contributed by atoms with van der Waals surface area (Å²) in [4.78, 5) is 14.8. The van der Waals surface area contributed by atoms with Gasteiger partial charge < -0.3 is 9.84 Å². The maximum atomic E-state index is 11.5. The average molecular weight is 253 g/mol. The largest absolute Gasteiger partial charge is 0.480 e. The Labute approximate surface area is 104 Å². The van der Waals surface area contributed by atoms with E-state index in [1.54, 1.807) is 11.3 Å². The molecule has 2 aliphatic rings. The van der Waals surface area contributed by atoms with Crippen molar-refractivity contribution in [2.75, 3.05) is 19.8 Å². The highest BCUT2D eigenvalue weighted by atomic mass is 32.1. The van der Waals surface area contributed by atoms with Gasteiger partial charge in [0.15, 0.2) is 0 Å². The fourth-order valence-corrected chi connectivity index (χ4v) is 3.69. The standard InChI is InChI=1S/C12H15NO3S/c14-12(15)11-9-3-6-17-10(9)1-4-13(11)8-2-5-16-7-8/h3,6,8,11H,1-2,4-5,7H2,(H,14,15). The molecule has 1 saturated heterocycles. The Hall–Kier alpha value is -0.910. The molecule has 2 unspecified atom stereocenters. The van der Waals surface area contributed by atoms with E-state index in [2.05, 4.69) is 4.90 Å². The molecule has 5 heteroatoms. The van der Waals surface area contributed by atoms with Crippen LogP contribution in [-0.2, 0) is 16.0 Å². The molecule has 3 heterocycles. The van der Waals surface area contributed by atoms with E-state index >= 15 is 0 Å². The lowest BCUT2D eigenvalue weighted by atomic mass is 9.97. The number of thiophene rings is 1. The molecule has 0 aliphatic carbocycles.